The maximum absolute atomic E-state index is 13.3. The van der Waals surface area contributed by atoms with Crippen molar-refractivity contribution in [2.75, 3.05) is 24.4 Å². The number of hydrogen-bond acceptors (Lipinski definition) is 5. The first-order valence-electron chi connectivity index (χ1n) is 8.56. The molecule has 0 bridgehead atoms. The Hall–Kier alpha value is -2.57. The number of amides is 2. The summed E-state index contributed by atoms with van der Waals surface area (Å²) < 4.78 is 5.22. The Morgan fingerprint density at radius 3 is 2.52 bits per heavy atom. The lowest BCUT2D eigenvalue weighted by Crippen LogP contribution is -2.31. The summed E-state index contributed by atoms with van der Waals surface area (Å²) in [6.07, 6.45) is 0. The Morgan fingerprint density at radius 1 is 1.07 bits per heavy atom. The zero-order valence-electron chi connectivity index (χ0n) is 15.5. The van der Waals surface area contributed by atoms with Gasteiger partial charge in [0.2, 0.25) is 0 Å². The van der Waals surface area contributed by atoms with Gasteiger partial charge in [-0.05, 0) is 37.1 Å². The van der Waals surface area contributed by atoms with E-state index in [1.54, 1.807) is 24.3 Å². The van der Waals surface area contributed by atoms with Gasteiger partial charge in [0.1, 0.15) is 5.75 Å². The van der Waals surface area contributed by atoms with Crippen molar-refractivity contribution in [2.45, 2.75) is 13.8 Å². The molecule has 6 heteroatoms. The first-order chi connectivity index (χ1) is 13.0. The summed E-state index contributed by atoms with van der Waals surface area (Å²) in [5, 5.41) is 9.21. The molecular weight excluding hydrogens is 362 g/mol. The number of ether oxygens (including phenoxy) is 1. The summed E-state index contributed by atoms with van der Waals surface area (Å²) in [6.45, 7) is 3.83. The van der Waals surface area contributed by atoms with E-state index in [0.29, 0.717) is 27.7 Å². The van der Waals surface area contributed by atoms with E-state index in [4.69, 9.17) is 4.74 Å². The molecule has 1 aliphatic heterocycles. The van der Waals surface area contributed by atoms with Gasteiger partial charge in [-0.15, -0.1) is 11.8 Å². The Balaban J connectivity index is 2.11. The fourth-order valence-electron chi connectivity index (χ4n) is 3.11. The van der Waals surface area contributed by atoms with Crippen LogP contribution in [0.25, 0.3) is 5.57 Å². The Labute approximate surface area is 162 Å². The van der Waals surface area contributed by atoms with Gasteiger partial charge in [-0.2, -0.15) is 0 Å². The lowest BCUT2D eigenvalue weighted by atomic mass is 9.99. The molecule has 2 aromatic carbocycles. The van der Waals surface area contributed by atoms with Gasteiger partial charge in [0.15, 0.2) is 0 Å². The number of anilines is 1. The molecular formula is C21H21NO4S. The number of methoxy groups -OCH3 is 1. The number of carbonyl (C=O) groups is 2. The second-order valence-electron chi connectivity index (χ2n) is 6.24. The third kappa shape index (κ3) is 3.63. The van der Waals surface area contributed by atoms with E-state index in [1.807, 2.05) is 32.0 Å². The number of aliphatic hydroxyl groups is 1. The predicted octanol–water partition coefficient (Wildman–Crippen LogP) is 3.32. The average Bonchev–Trinajstić information content (AvgIpc) is 2.90. The topological polar surface area (TPSA) is 66.8 Å². The predicted molar refractivity (Wildman–Crippen MR) is 108 cm³/mol. The van der Waals surface area contributed by atoms with Crippen molar-refractivity contribution in [1.29, 1.82) is 0 Å². The second-order valence-corrected chi connectivity index (χ2v) is 7.35. The second kappa shape index (κ2) is 7.98. The number of aliphatic hydroxyl groups excluding tert-OH is 1. The molecule has 1 heterocycles. The van der Waals surface area contributed by atoms with Crippen LogP contribution < -0.4 is 9.64 Å². The van der Waals surface area contributed by atoms with Gasteiger partial charge >= 0.3 is 0 Å². The number of imide groups is 1. The lowest BCUT2D eigenvalue weighted by Gasteiger charge is -2.16. The average molecular weight is 383 g/mol. The molecule has 1 N–H and O–H groups in total. The molecule has 1 aliphatic rings. The number of aryl methyl sites for hydroxylation is 2. The van der Waals surface area contributed by atoms with Crippen LogP contribution in [0.15, 0.2) is 47.4 Å². The molecule has 0 aliphatic carbocycles. The SMILES string of the molecule is COc1cccc(N2C(=O)C(SCCO)=C(c3ccc(C)cc3C)C2=O)c1. The Bertz CT molecular complexity index is 936. The molecule has 2 aromatic rings. The minimum Gasteiger partial charge on any atom is -0.497 e. The molecule has 0 fully saturated rings. The highest BCUT2D eigenvalue weighted by molar-refractivity contribution is 8.04. The monoisotopic (exact) mass is 383 g/mol. The van der Waals surface area contributed by atoms with Crippen LogP contribution in [0.5, 0.6) is 5.75 Å². The molecule has 0 saturated heterocycles. The van der Waals surface area contributed by atoms with Gasteiger partial charge in [-0.25, -0.2) is 4.90 Å². The number of thioether (sulfide) groups is 1. The molecule has 0 saturated carbocycles. The zero-order chi connectivity index (χ0) is 19.6. The number of hydrogen-bond donors (Lipinski definition) is 1. The quantitative estimate of drug-likeness (QED) is 0.775. The van der Waals surface area contributed by atoms with E-state index >= 15 is 0 Å². The normalized spacial score (nSPS) is 14.3. The van der Waals surface area contributed by atoms with Crippen molar-refractivity contribution in [1.82, 2.24) is 0 Å². The summed E-state index contributed by atoms with van der Waals surface area (Å²) >= 11 is 1.21. The van der Waals surface area contributed by atoms with Gasteiger partial charge in [0.25, 0.3) is 11.8 Å². The summed E-state index contributed by atoms with van der Waals surface area (Å²) in [4.78, 5) is 27.9. The third-order valence-corrected chi connectivity index (χ3v) is 5.40. The van der Waals surface area contributed by atoms with Crippen molar-refractivity contribution < 1.29 is 19.4 Å². The Kier molecular flexibility index (Phi) is 5.68. The smallest absolute Gasteiger partial charge is 0.272 e. The minimum atomic E-state index is -0.373. The fraction of sp³-hybridized carbons (Fsp3) is 0.238. The number of nitrogens with zero attached hydrogens (tertiary/aromatic N) is 1. The van der Waals surface area contributed by atoms with E-state index in [-0.39, 0.29) is 18.4 Å². The molecule has 0 radical (unpaired) electrons. The van der Waals surface area contributed by atoms with Crippen LogP contribution in [-0.4, -0.2) is 36.4 Å². The minimum absolute atomic E-state index is 0.0744. The lowest BCUT2D eigenvalue weighted by molar-refractivity contribution is -0.119. The van der Waals surface area contributed by atoms with Gasteiger partial charge in [0.05, 0.1) is 29.9 Å². The summed E-state index contributed by atoms with van der Waals surface area (Å²) in [6, 6.07) is 12.7. The molecule has 3 rings (SSSR count). The number of benzene rings is 2. The fourth-order valence-corrected chi connectivity index (χ4v) is 3.96. The van der Waals surface area contributed by atoms with Crippen molar-refractivity contribution in [3.8, 4) is 5.75 Å². The molecule has 2 amide bonds. The third-order valence-electron chi connectivity index (χ3n) is 4.34. The molecule has 0 atom stereocenters. The maximum atomic E-state index is 13.3. The van der Waals surface area contributed by atoms with Gasteiger partial charge < -0.3 is 9.84 Å². The van der Waals surface area contributed by atoms with Crippen LogP contribution in [0, 0.1) is 13.8 Å². The van der Waals surface area contributed by atoms with Gasteiger partial charge in [-0.1, -0.05) is 29.8 Å². The first kappa shape index (κ1) is 19.2. The highest BCUT2D eigenvalue weighted by Gasteiger charge is 2.40. The maximum Gasteiger partial charge on any atom is 0.272 e. The van der Waals surface area contributed by atoms with Crippen LogP contribution >= 0.6 is 11.8 Å². The standard InChI is InChI=1S/C21H21NO4S/c1-13-7-8-17(14(2)11-13)18-19(27-10-9-23)21(25)22(20(18)24)15-5-4-6-16(12-15)26-3/h4-8,11-12,23H,9-10H2,1-3H3. The van der Waals surface area contributed by atoms with E-state index in [9.17, 15) is 14.7 Å². The molecule has 27 heavy (non-hydrogen) atoms. The summed E-state index contributed by atoms with van der Waals surface area (Å²) in [7, 11) is 1.54. The van der Waals surface area contributed by atoms with E-state index in [1.165, 1.54) is 23.8 Å². The molecule has 0 unspecified atom stereocenters. The molecule has 0 aromatic heterocycles. The Morgan fingerprint density at radius 2 is 1.85 bits per heavy atom. The largest absolute Gasteiger partial charge is 0.497 e. The molecule has 0 spiro atoms. The highest BCUT2D eigenvalue weighted by Crippen LogP contribution is 2.39. The number of carbonyl (C=O) groups excluding carboxylic acids is 2. The molecule has 140 valence electrons. The van der Waals surface area contributed by atoms with Crippen LogP contribution in [0.4, 0.5) is 5.69 Å². The molecule has 5 nitrogen and oxygen atoms in total. The van der Waals surface area contributed by atoms with Crippen LogP contribution in [0.1, 0.15) is 16.7 Å². The van der Waals surface area contributed by atoms with E-state index in [0.717, 1.165) is 16.7 Å². The zero-order valence-corrected chi connectivity index (χ0v) is 16.3. The van der Waals surface area contributed by atoms with E-state index < -0.39 is 0 Å². The highest BCUT2D eigenvalue weighted by atomic mass is 32.2. The number of rotatable bonds is 6. The van der Waals surface area contributed by atoms with Crippen molar-refractivity contribution in [2.24, 2.45) is 0 Å². The van der Waals surface area contributed by atoms with Crippen molar-refractivity contribution in [3.05, 3.63) is 64.1 Å². The van der Waals surface area contributed by atoms with Crippen molar-refractivity contribution >= 4 is 34.8 Å². The van der Waals surface area contributed by atoms with Crippen LogP contribution in [0.2, 0.25) is 0 Å². The van der Waals surface area contributed by atoms with Crippen LogP contribution in [-0.2, 0) is 9.59 Å². The van der Waals surface area contributed by atoms with Gasteiger partial charge in [0, 0.05) is 11.8 Å². The first-order valence-corrected chi connectivity index (χ1v) is 9.55. The summed E-state index contributed by atoms with van der Waals surface area (Å²) in [5.74, 6) is 0.175. The van der Waals surface area contributed by atoms with Gasteiger partial charge in [-0.3, -0.25) is 9.59 Å². The van der Waals surface area contributed by atoms with Crippen LogP contribution in [0.3, 0.4) is 0 Å². The van der Waals surface area contributed by atoms with Crippen molar-refractivity contribution in [3.63, 3.8) is 0 Å². The van der Waals surface area contributed by atoms with E-state index in [2.05, 4.69) is 0 Å². The summed E-state index contributed by atoms with van der Waals surface area (Å²) in [5.41, 5.74) is 3.61.